The predicted molar refractivity (Wildman–Crippen MR) is 82.5 cm³/mol. The third-order valence-electron chi connectivity index (χ3n) is 2.66. The lowest BCUT2D eigenvalue weighted by Crippen LogP contribution is -1.99. The predicted octanol–water partition coefficient (Wildman–Crippen LogP) is 1.11. The standard InChI is InChI=1S/C12H12N6.C2H6O/c13-10-9-11(18-12(14)17-10)16-8(15-9)6-7-4-2-1-3-5-7;1-2-3/h1-5H,6H2,(H5,13,14,15,16,17,18);3H,2H2,1H3. The van der Waals surface area contributed by atoms with E-state index >= 15 is 0 Å². The van der Waals surface area contributed by atoms with Crippen LogP contribution in [0.3, 0.4) is 0 Å². The monoisotopic (exact) mass is 286 g/mol. The number of nitrogens with zero attached hydrogens (tertiary/aromatic N) is 3. The average molecular weight is 286 g/mol. The van der Waals surface area contributed by atoms with Crippen molar-refractivity contribution in [1.82, 2.24) is 19.9 Å². The maximum absolute atomic E-state index is 7.57. The smallest absolute Gasteiger partial charge is 0.224 e. The minimum Gasteiger partial charge on any atom is -0.397 e. The molecule has 0 atom stereocenters. The van der Waals surface area contributed by atoms with Gasteiger partial charge < -0.3 is 21.6 Å². The molecule has 0 spiro atoms. The van der Waals surface area contributed by atoms with Crippen LogP contribution in [0.2, 0.25) is 0 Å². The highest BCUT2D eigenvalue weighted by molar-refractivity contribution is 5.82. The summed E-state index contributed by atoms with van der Waals surface area (Å²) in [6.45, 7) is 1.93. The number of hydrogen-bond acceptors (Lipinski definition) is 6. The average Bonchev–Trinajstić information content (AvgIpc) is 2.83. The number of hydrogen-bond donors (Lipinski definition) is 4. The molecule has 0 fully saturated rings. The zero-order valence-corrected chi connectivity index (χ0v) is 11.7. The second kappa shape index (κ2) is 6.67. The number of H-pyrrole nitrogens is 1. The number of fused-ring (bicyclic) bond motifs is 1. The van der Waals surface area contributed by atoms with Gasteiger partial charge in [0.15, 0.2) is 11.5 Å². The molecule has 110 valence electrons. The van der Waals surface area contributed by atoms with Crippen LogP contribution in [0.25, 0.3) is 11.2 Å². The Balaban J connectivity index is 0.000000497. The van der Waals surface area contributed by atoms with Crippen LogP contribution in [-0.2, 0) is 6.42 Å². The molecule has 6 N–H and O–H groups in total. The molecule has 0 bridgehead atoms. The molecule has 3 rings (SSSR count). The van der Waals surface area contributed by atoms with Gasteiger partial charge in [0.05, 0.1) is 0 Å². The Hall–Kier alpha value is -2.67. The SMILES string of the molecule is CCO.Nc1nc(N)c2[nH]c(Cc3ccccc3)nc2n1. The summed E-state index contributed by atoms with van der Waals surface area (Å²) >= 11 is 0. The first kappa shape index (κ1) is 14.7. The molecule has 0 aliphatic heterocycles. The van der Waals surface area contributed by atoms with Gasteiger partial charge >= 0.3 is 0 Å². The molecule has 21 heavy (non-hydrogen) atoms. The largest absolute Gasteiger partial charge is 0.397 e. The third kappa shape index (κ3) is 3.67. The van der Waals surface area contributed by atoms with E-state index in [9.17, 15) is 0 Å². The van der Waals surface area contributed by atoms with Crippen LogP contribution >= 0.6 is 0 Å². The molecule has 1 aromatic carbocycles. The fourth-order valence-electron chi connectivity index (χ4n) is 1.86. The fourth-order valence-corrected chi connectivity index (χ4v) is 1.86. The molecule has 0 unspecified atom stereocenters. The lowest BCUT2D eigenvalue weighted by molar-refractivity contribution is 0.318. The van der Waals surface area contributed by atoms with E-state index in [0.29, 0.717) is 23.4 Å². The van der Waals surface area contributed by atoms with Crippen LogP contribution in [0.4, 0.5) is 11.8 Å². The van der Waals surface area contributed by atoms with Crippen molar-refractivity contribution in [3.63, 3.8) is 0 Å². The second-order valence-corrected chi connectivity index (χ2v) is 4.33. The number of aliphatic hydroxyl groups is 1. The van der Waals surface area contributed by atoms with Gasteiger partial charge in [-0.15, -0.1) is 0 Å². The number of aliphatic hydroxyl groups excluding tert-OH is 1. The Morgan fingerprint density at radius 1 is 1.10 bits per heavy atom. The van der Waals surface area contributed by atoms with Crippen LogP contribution in [-0.4, -0.2) is 31.6 Å². The third-order valence-corrected chi connectivity index (χ3v) is 2.66. The van der Waals surface area contributed by atoms with Crippen LogP contribution in [0.5, 0.6) is 0 Å². The first-order valence-corrected chi connectivity index (χ1v) is 6.56. The lowest BCUT2D eigenvalue weighted by Gasteiger charge is -1.96. The topological polar surface area (TPSA) is 127 Å². The molecule has 0 saturated carbocycles. The number of nitrogens with two attached hydrogens (primary N) is 2. The Kier molecular flexibility index (Phi) is 4.68. The normalized spacial score (nSPS) is 10.2. The summed E-state index contributed by atoms with van der Waals surface area (Å²) in [6.07, 6.45) is 0.691. The van der Waals surface area contributed by atoms with Gasteiger partial charge in [-0.2, -0.15) is 9.97 Å². The van der Waals surface area contributed by atoms with Gasteiger partial charge in [0, 0.05) is 13.0 Å². The van der Waals surface area contributed by atoms with E-state index in [-0.39, 0.29) is 12.6 Å². The van der Waals surface area contributed by atoms with Gasteiger partial charge in [-0.1, -0.05) is 30.3 Å². The molecule has 2 heterocycles. The number of nitrogen functional groups attached to an aromatic ring is 2. The Morgan fingerprint density at radius 3 is 2.43 bits per heavy atom. The van der Waals surface area contributed by atoms with Gasteiger partial charge in [-0.25, -0.2) is 4.98 Å². The van der Waals surface area contributed by atoms with E-state index < -0.39 is 0 Å². The maximum atomic E-state index is 7.57. The first-order chi connectivity index (χ1) is 10.1. The van der Waals surface area contributed by atoms with Crippen molar-refractivity contribution in [2.24, 2.45) is 0 Å². The first-order valence-electron chi connectivity index (χ1n) is 6.56. The number of imidazole rings is 1. The molecule has 0 saturated heterocycles. The van der Waals surface area contributed by atoms with Gasteiger partial charge in [-0.3, -0.25) is 0 Å². The number of aromatic nitrogens is 4. The summed E-state index contributed by atoms with van der Waals surface area (Å²) in [5.74, 6) is 1.25. The van der Waals surface area contributed by atoms with Crippen molar-refractivity contribution in [2.75, 3.05) is 18.1 Å². The molecule has 7 nitrogen and oxygen atoms in total. The molecular formula is C14H18N6O. The maximum Gasteiger partial charge on any atom is 0.224 e. The van der Waals surface area contributed by atoms with Crippen molar-refractivity contribution in [2.45, 2.75) is 13.3 Å². The van der Waals surface area contributed by atoms with E-state index in [1.54, 1.807) is 6.92 Å². The summed E-state index contributed by atoms with van der Waals surface area (Å²) in [5.41, 5.74) is 13.6. The number of anilines is 2. The van der Waals surface area contributed by atoms with Crippen molar-refractivity contribution in [3.8, 4) is 0 Å². The van der Waals surface area contributed by atoms with Gasteiger partial charge in [0.1, 0.15) is 11.3 Å². The Bertz CT molecular complexity index is 710. The zero-order valence-electron chi connectivity index (χ0n) is 11.7. The molecule has 0 aliphatic rings. The molecule has 2 aromatic heterocycles. The summed E-state index contributed by atoms with van der Waals surface area (Å²) in [7, 11) is 0. The van der Waals surface area contributed by atoms with Crippen molar-refractivity contribution in [3.05, 3.63) is 41.7 Å². The summed E-state index contributed by atoms with van der Waals surface area (Å²) in [6, 6.07) is 10.0. The lowest BCUT2D eigenvalue weighted by atomic mass is 10.1. The minimum atomic E-state index is 0.137. The number of nitrogens with one attached hydrogen (secondary N) is 1. The quantitative estimate of drug-likeness (QED) is 0.559. The highest BCUT2D eigenvalue weighted by atomic mass is 16.2. The second-order valence-electron chi connectivity index (χ2n) is 4.33. The van der Waals surface area contributed by atoms with Crippen LogP contribution < -0.4 is 11.5 Å². The molecule has 0 radical (unpaired) electrons. The van der Waals surface area contributed by atoms with E-state index in [1.165, 1.54) is 0 Å². The highest BCUT2D eigenvalue weighted by Gasteiger charge is 2.09. The highest BCUT2D eigenvalue weighted by Crippen LogP contribution is 2.17. The number of rotatable bonds is 2. The fraction of sp³-hybridized carbons (Fsp3) is 0.214. The number of benzene rings is 1. The molecule has 0 aliphatic carbocycles. The molecule has 3 aromatic rings. The molecule has 7 heteroatoms. The van der Waals surface area contributed by atoms with Crippen molar-refractivity contribution < 1.29 is 5.11 Å². The Labute approximate surface area is 122 Å². The molecule has 0 amide bonds. The van der Waals surface area contributed by atoms with E-state index in [2.05, 4.69) is 19.9 Å². The summed E-state index contributed by atoms with van der Waals surface area (Å²) < 4.78 is 0. The van der Waals surface area contributed by atoms with Crippen LogP contribution in [0.1, 0.15) is 18.3 Å². The molecular weight excluding hydrogens is 268 g/mol. The Morgan fingerprint density at radius 2 is 1.76 bits per heavy atom. The van der Waals surface area contributed by atoms with E-state index in [1.807, 2.05) is 30.3 Å². The van der Waals surface area contributed by atoms with Gasteiger partial charge in [-0.05, 0) is 12.5 Å². The van der Waals surface area contributed by atoms with Gasteiger partial charge in [0.2, 0.25) is 5.95 Å². The van der Waals surface area contributed by atoms with Crippen molar-refractivity contribution >= 4 is 22.9 Å². The van der Waals surface area contributed by atoms with Crippen LogP contribution in [0.15, 0.2) is 30.3 Å². The summed E-state index contributed by atoms with van der Waals surface area (Å²) in [4.78, 5) is 15.4. The van der Waals surface area contributed by atoms with E-state index in [4.69, 9.17) is 16.6 Å². The van der Waals surface area contributed by atoms with Crippen molar-refractivity contribution in [1.29, 1.82) is 0 Å². The number of aromatic amines is 1. The zero-order chi connectivity index (χ0) is 15.2. The summed E-state index contributed by atoms with van der Waals surface area (Å²) in [5, 5.41) is 7.57. The minimum absolute atomic E-state index is 0.137. The van der Waals surface area contributed by atoms with E-state index in [0.717, 1.165) is 11.4 Å². The van der Waals surface area contributed by atoms with Gasteiger partial charge in [0.25, 0.3) is 0 Å². The van der Waals surface area contributed by atoms with Crippen LogP contribution in [0, 0.1) is 0 Å².